The van der Waals surface area contributed by atoms with E-state index in [1.807, 2.05) is 51.2 Å². The standard InChI is InChI=1S/C51H78N2O14/c1-30-16-12-11-13-17-31(2)42(62-8)28-38-21-19-36(7)51(60,66-38)48(57)49(58)53-23-15-14-18-39(53)50(59)65-43(33(4)26-37-20-22-40(54)44(27-37)63-9)29-41(55)32(3)25-35(6)46(67-52-61)47(64-10)45(56)34(5)24-30/h11-13,16-17,25,30,32-34,36-40,42-44,46-47,54,60H,14-15,18-24,26-29H2,1-10H3/b13-11+,16-12+,31-17+,35-25+/t30-,32-,33-,34-,36-,37+,38+,39+,40-,42+,43+,44-,46-,47+,51-/m1/s1. The Kier molecular flexibility index (Phi) is 21.7. The van der Waals surface area contributed by atoms with E-state index in [1.165, 1.54) is 12.0 Å². The summed E-state index contributed by atoms with van der Waals surface area (Å²) in [4.78, 5) is 89.0. The molecule has 1 aliphatic carbocycles. The number of hydrogen-bond donors (Lipinski definition) is 2. The van der Waals surface area contributed by atoms with Crippen LogP contribution in [0, 0.1) is 40.4 Å². The molecule has 1 amide bonds. The molecule has 3 fully saturated rings. The third-order valence-electron chi connectivity index (χ3n) is 14.6. The zero-order valence-corrected chi connectivity index (χ0v) is 41.4. The fourth-order valence-corrected chi connectivity index (χ4v) is 10.3. The molecule has 0 aromatic carbocycles. The van der Waals surface area contributed by atoms with E-state index in [4.69, 9.17) is 28.5 Å². The molecule has 4 rings (SSSR count). The van der Waals surface area contributed by atoms with Crippen LogP contribution in [0.3, 0.4) is 0 Å². The van der Waals surface area contributed by atoms with Crippen molar-refractivity contribution in [1.29, 1.82) is 0 Å². The summed E-state index contributed by atoms with van der Waals surface area (Å²) in [5.41, 5.74) is 1.23. The number of esters is 1. The molecular weight excluding hydrogens is 865 g/mol. The highest BCUT2D eigenvalue weighted by atomic mass is 16.7. The van der Waals surface area contributed by atoms with Crippen LogP contribution in [0.5, 0.6) is 0 Å². The van der Waals surface area contributed by atoms with Gasteiger partial charge in [0, 0.05) is 58.5 Å². The van der Waals surface area contributed by atoms with Crippen LogP contribution in [0.2, 0.25) is 0 Å². The molecule has 0 radical (unpaired) electrons. The van der Waals surface area contributed by atoms with Crippen LogP contribution < -0.4 is 0 Å². The third-order valence-corrected chi connectivity index (χ3v) is 14.6. The number of ketones is 3. The maximum Gasteiger partial charge on any atom is 0.329 e. The Labute approximate surface area is 397 Å². The quantitative estimate of drug-likeness (QED) is 0.0835. The first-order valence-corrected chi connectivity index (χ1v) is 24.3. The Morgan fingerprint density at radius 2 is 1.60 bits per heavy atom. The van der Waals surface area contributed by atoms with Gasteiger partial charge >= 0.3 is 5.97 Å². The molecule has 0 spiro atoms. The van der Waals surface area contributed by atoms with E-state index in [0.29, 0.717) is 69.8 Å². The van der Waals surface area contributed by atoms with Gasteiger partial charge in [-0.15, -0.1) is 4.91 Å². The monoisotopic (exact) mass is 943 g/mol. The molecule has 2 bridgehead atoms. The van der Waals surface area contributed by atoms with E-state index in [-0.39, 0.29) is 54.8 Å². The second kappa shape index (κ2) is 26.2. The molecule has 2 N–H and O–H groups in total. The number of allylic oxidation sites excluding steroid dienone is 6. The number of carbonyl (C=O) groups is 5. The topological polar surface area (TPSA) is 214 Å². The summed E-state index contributed by atoms with van der Waals surface area (Å²) in [6.45, 7) is 12.6. The van der Waals surface area contributed by atoms with Crippen molar-refractivity contribution < 1.29 is 62.7 Å². The lowest BCUT2D eigenvalue weighted by atomic mass is 9.78. The Morgan fingerprint density at radius 1 is 0.866 bits per heavy atom. The second-order valence-electron chi connectivity index (χ2n) is 19.7. The van der Waals surface area contributed by atoms with Crippen molar-refractivity contribution >= 4 is 29.2 Å². The predicted molar refractivity (Wildman–Crippen MR) is 250 cm³/mol. The van der Waals surface area contributed by atoms with E-state index < -0.39 is 83.9 Å². The number of nitrogens with zero attached hydrogens (tertiary/aromatic N) is 2. The maximum atomic E-state index is 14.4. The van der Waals surface area contributed by atoms with Crippen molar-refractivity contribution in [2.24, 2.45) is 40.8 Å². The molecule has 376 valence electrons. The van der Waals surface area contributed by atoms with Crippen molar-refractivity contribution in [3.63, 3.8) is 0 Å². The molecule has 4 aliphatic rings. The number of ether oxygens (including phenoxy) is 5. The first-order valence-electron chi connectivity index (χ1n) is 24.3. The maximum absolute atomic E-state index is 14.4. The molecule has 0 aromatic heterocycles. The van der Waals surface area contributed by atoms with Gasteiger partial charge < -0.3 is 43.6 Å². The second-order valence-corrected chi connectivity index (χ2v) is 19.7. The first kappa shape index (κ1) is 55.7. The summed E-state index contributed by atoms with van der Waals surface area (Å²) in [6.07, 6.45) is 10.7. The zero-order valence-electron chi connectivity index (χ0n) is 41.4. The third kappa shape index (κ3) is 14.8. The van der Waals surface area contributed by atoms with Crippen LogP contribution in [-0.2, 0) is 52.5 Å². The number of aliphatic hydroxyl groups is 2. The number of amides is 1. The lowest BCUT2D eigenvalue weighted by Gasteiger charge is -2.42. The molecule has 15 atom stereocenters. The first-order chi connectivity index (χ1) is 31.8. The van der Waals surface area contributed by atoms with Crippen LogP contribution >= 0.6 is 0 Å². The van der Waals surface area contributed by atoms with Crippen LogP contribution in [0.25, 0.3) is 0 Å². The number of methoxy groups -OCH3 is 3. The summed E-state index contributed by atoms with van der Waals surface area (Å²) in [5, 5.41) is 25.1. The average Bonchev–Trinajstić information content (AvgIpc) is 3.30. The Balaban J connectivity index is 1.73. The van der Waals surface area contributed by atoms with Gasteiger partial charge in [-0.1, -0.05) is 71.1 Å². The fourth-order valence-electron chi connectivity index (χ4n) is 10.3. The van der Waals surface area contributed by atoms with Gasteiger partial charge in [0.2, 0.25) is 5.79 Å². The van der Waals surface area contributed by atoms with Crippen LogP contribution in [-0.4, -0.2) is 127 Å². The normalized spacial score (nSPS) is 39.4. The fraction of sp³-hybridized carbons (Fsp3) is 0.745. The number of rotatable bonds is 8. The smallest absolute Gasteiger partial charge is 0.329 e. The lowest BCUT2D eigenvalue weighted by Crippen LogP contribution is -2.61. The lowest BCUT2D eigenvalue weighted by molar-refractivity contribution is -0.265. The summed E-state index contributed by atoms with van der Waals surface area (Å²) >= 11 is 0. The summed E-state index contributed by atoms with van der Waals surface area (Å²) < 4.78 is 29.5. The number of fused-ring (bicyclic) bond motifs is 3. The van der Waals surface area contributed by atoms with Crippen LogP contribution in [0.4, 0.5) is 0 Å². The van der Waals surface area contributed by atoms with E-state index in [0.717, 1.165) is 5.57 Å². The Hall–Kier alpha value is -3.93. The van der Waals surface area contributed by atoms with Crippen LogP contribution in [0.1, 0.15) is 126 Å². The van der Waals surface area contributed by atoms with Gasteiger partial charge in [0.1, 0.15) is 17.9 Å². The van der Waals surface area contributed by atoms with E-state index in [9.17, 15) is 39.1 Å². The van der Waals surface area contributed by atoms with Crippen molar-refractivity contribution in [2.45, 2.75) is 180 Å². The molecule has 67 heavy (non-hydrogen) atoms. The van der Waals surface area contributed by atoms with Crippen LogP contribution in [0.15, 0.2) is 52.9 Å². The van der Waals surface area contributed by atoms with Gasteiger partial charge in [-0.3, -0.25) is 19.2 Å². The average molecular weight is 943 g/mol. The molecule has 16 nitrogen and oxygen atoms in total. The largest absolute Gasteiger partial charge is 0.460 e. The van der Waals surface area contributed by atoms with Crippen molar-refractivity contribution in [3.05, 3.63) is 52.5 Å². The van der Waals surface area contributed by atoms with E-state index in [2.05, 4.69) is 5.34 Å². The van der Waals surface area contributed by atoms with Crippen molar-refractivity contribution in [1.82, 2.24) is 4.90 Å². The van der Waals surface area contributed by atoms with Gasteiger partial charge in [0.05, 0.1) is 24.4 Å². The SMILES string of the molecule is CO[C@H]1C[C@@H]2CC[C@@H](C)[C@@](O)(O2)C(=O)C(=O)N2CCCC[C@H]2C(=O)O[C@H]([C@H](C)C[C@@H]2CC[C@@H](O)[C@H](OC)C2)CC(=O)[C@H](C)/C=C(\C)[C@@H](ON=O)[C@@H](OC)C(=O)[C@H](C)C[C@H](C)/C=C/C=C/C=C/1C. The summed E-state index contributed by atoms with van der Waals surface area (Å²) in [7, 11) is 4.47. The molecule has 16 heteroatoms. The molecule has 2 saturated heterocycles. The zero-order chi connectivity index (χ0) is 49.6. The number of cyclic esters (lactones) is 1. The molecule has 3 aliphatic heterocycles. The summed E-state index contributed by atoms with van der Waals surface area (Å²) in [6, 6.07) is -1.16. The molecule has 0 unspecified atom stereocenters. The Bertz CT molecular complexity index is 1830. The highest BCUT2D eigenvalue weighted by Crippen LogP contribution is 2.38. The Morgan fingerprint density at radius 3 is 2.27 bits per heavy atom. The van der Waals surface area contributed by atoms with Crippen molar-refractivity contribution in [2.75, 3.05) is 27.9 Å². The van der Waals surface area contributed by atoms with Gasteiger partial charge in [-0.2, -0.15) is 0 Å². The summed E-state index contributed by atoms with van der Waals surface area (Å²) in [5.74, 6) is -8.35. The van der Waals surface area contributed by atoms with Gasteiger partial charge in [-0.05, 0) is 107 Å². The van der Waals surface area contributed by atoms with Gasteiger partial charge in [0.15, 0.2) is 23.3 Å². The van der Waals surface area contributed by atoms with Crippen molar-refractivity contribution in [3.8, 4) is 0 Å². The number of carbonyl (C=O) groups excluding carboxylic acids is 5. The number of aliphatic hydroxyl groups excluding tert-OH is 1. The molecule has 0 aromatic rings. The van der Waals surface area contributed by atoms with E-state index >= 15 is 0 Å². The minimum absolute atomic E-state index is 0.0257. The molecular formula is C51H78N2O14. The number of hydrogen-bond acceptors (Lipinski definition) is 15. The van der Waals surface area contributed by atoms with E-state index in [1.54, 1.807) is 48.0 Å². The minimum atomic E-state index is -2.44. The molecule has 3 heterocycles. The number of Topliss-reactive ketones (excluding diaryl/α,β-unsaturated/α-hetero) is 3. The van der Waals surface area contributed by atoms with Gasteiger partial charge in [-0.25, -0.2) is 4.79 Å². The predicted octanol–water partition coefficient (Wildman–Crippen LogP) is 6.89. The van der Waals surface area contributed by atoms with Gasteiger partial charge in [0.25, 0.3) is 11.7 Å². The minimum Gasteiger partial charge on any atom is -0.460 e. The highest BCUT2D eigenvalue weighted by molar-refractivity contribution is 6.39. The highest BCUT2D eigenvalue weighted by Gasteiger charge is 2.53. The molecule has 1 saturated carbocycles. The number of piperidine rings is 1.